The van der Waals surface area contributed by atoms with Crippen molar-refractivity contribution in [2.75, 3.05) is 0 Å². The van der Waals surface area contributed by atoms with Crippen molar-refractivity contribution in [2.24, 2.45) is 0 Å². The molecular formula is C19H32O3. The third-order valence-corrected chi connectivity index (χ3v) is 4.14. The Morgan fingerprint density at radius 2 is 1.64 bits per heavy atom. The van der Waals surface area contributed by atoms with Gasteiger partial charge in [-0.3, -0.25) is 4.79 Å². The summed E-state index contributed by atoms with van der Waals surface area (Å²) in [5.74, 6) is 1.57. The molecule has 1 aromatic rings. The molecule has 1 N–H and O–H groups in total. The molecule has 0 radical (unpaired) electrons. The van der Waals surface area contributed by atoms with E-state index in [-0.39, 0.29) is 0 Å². The van der Waals surface area contributed by atoms with E-state index < -0.39 is 5.97 Å². The quantitative estimate of drug-likeness (QED) is 0.477. The molecule has 0 aliphatic rings. The summed E-state index contributed by atoms with van der Waals surface area (Å²) in [6, 6.07) is 2.18. The highest BCUT2D eigenvalue weighted by Gasteiger charge is 2.07. The van der Waals surface area contributed by atoms with Gasteiger partial charge in [0.1, 0.15) is 11.5 Å². The molecule has 0 saturated heterocycles. The Morgan fingerprint density at radius 3 is 2.32 bits per heavy atom. The van der Waals surface area contributed by atoms with Crippen LogP contribution >= 0.6 is 0 Å². The van der Waals surface area contributed by atoms with Crippen molar-refractivity contribution in [3.05, 3.63) is 23.2 Å². The molecule has 0 fully saturated rings. The number of furan rings is 1. The number of unbranched alkanes of at least 4 members (excludes halogenated alkanes) is 7. The first-order chi connectivity index (χ1) is 10.6. The summed E-state index contributed by atoms with van der Waals surface area (Å²) in [7, 11) is 0. The van der Waals surface area contributed by atoms with Crippen LogP contribution in [0.1, 0.15) is 88.2 Å². The zero-order valence-electron chi connectivity index (χ0n) is 14.3. The van der Waals surface area contributed by atoms with E-state index in [0.29, 0.717) is 6.42 Å². The van der Waals surface area contributed by atoms with Crippen LogP contribution < -0.4 is 0 Å². The molecule has 0 amide bonds. The molecule has 126 valence electrons. The zero-order chi connectivity index (χ0) is 16.2. The molecule has 0 saturated carbocycles. The molecule has 1 rings (SSSR count). The molecule has 3 heteroatoms. The Labute approximate surface area is 135 Å². The van der Waals surface area contributed by atoms with Crippen LogP contribution in [0, 0.1) is 6.92 Å². The second kappa shape index (κ2) is 11.3. The predicted molar refractivity (Wildman–Crippen MR) is 90.3 cm³/mol. The Balaban J connectivity index is 2.17. The van der Waals surface area contributed by atoms with Crippen molar-refractivity contribution in [2.45, 2.75) is 90.9 Å². The molecule has 1 heterocycles. The van der Waals surface area contributed by atoms with E-state index in [1.807, 2.05) is 0 Å². The average molecular weight is 308 g/mol. The minimum absolute atomic E-state index is 0.294. The molecule has 1 aromatic heterocycles. The topological polar surface area (TPSA) is 50.4 Å². The van der Waals surface area contributed by atoms with Gasteiger partial charge in [-0.1, -0.05) is 45.4 Å². The molecule has 0 aromatic carbocycles. The second-order valence-corrected chi connectivity index (χ2v) is 6.29. The maximum absolute atomic E-state index is 10.4. The summed E-state index contributed by atoms with van der Waals surface area (Å²) in [5.41, 5.74) is 1.29. The van der Waals surface area contributed by atoms with E-state index in [0.717, 1.165) is 50.0 Å². The monoisotopic (exact) mass is 308 g/mol. The minimum atomic E-state index is -0.690. The summed E-state index contributed by atoms with van der Waals surface area (Å²) in [6.45, 7) is 4.38. The normalized spacial score (nSPS) is 11.0. The van der Waals surface area contributed by atoms with Gasteiger partial charge in [-0.05, 0) is 37.8 Å². The lowest BCUT2D eigenvalue weighted by Crippen LogP contribution is -1.93. The molecule has 0 atom stereocenters. The highest BCUT2D eigenvalue weighted by atomic mass is 16.4. The lowest BCUT2D eigenvalue weighted by molar-refractivity contribution is -0.137. The molecule has 3 nitrogen and oxygen atoms in total. The van der Waals surface area contributed by atoms with Gasteiger partial charge in [0.2, 0.25) is 0 Å². The second-order valence-electron chi connectivity index (χ2n) is 6.29. The summed E-state index contributed by atoms with van der Waals surface area (Å²) >= 11 is 0. The lowest BCUT2D eigenvalue weighted by atomic mass is 10.1. The molecule has 0 aliphatic carbocycles. The van der Waals surface area contributed by atoms with Gasteiger partial charge in [-0.2, -0.15) is 0 Å². The van der Waals surface area contributed by atoms with Gasteiger partial charge in [0.25, 0.3) is 0 Å². The van der Waals surface area contributed by atoms with Crippen LogP contribution in [-0.2, 0) is 17.6 Å². The van der Waals surface area contributed by atoms with E-state index in [1.165, 1.54) is 37.7 Å². The molecule has 0 bridgehead atoms. The Hall–Kier alpha value is -1.25. The minimum Gasteiger partial charge on any atom is -0.481 e. The number of hydrogen-bond acceptors (Lipinski definition) is 2. The first-order valence-electron chi connectivity index (χ1n) is 8.93. The first kappa shape index (κ1) is 18.8. The fraction of sp³-hybridized carbons (Fsp3) is 0.737. The van der Waals surface area contributed by atoms with Gasteiger partial charge < -0.3 is 9.52 Å². The van der Waals surface area contributed by atoms with Gasteiger partial charge in [-0.15, -0.1) is 0 Å². The van der Waals surface area contributed by atoms with E-state index in [4.69, 9.17) is 9.52 Å². The fourth-order valence-corrected chi connectivity index (χ4v) is 2.78. The van der Waals surface area contributed by atoms with Crippen molar-refractivity contribution < 1.29 is 14.3 Å². The number of hydrogen-bond donors (Lipinski definition) is 1. The van der Waals surface area contributed by atoms with Crippen molar-refractivity contribution in [1.82, 2.24) is 0 Å². The van der Waals surface area contributed by atoms with Gasteiger partial charge in [0, 0.05) is 19.3 Å². The highest BCUT2D eigenvalue weighted by molar-refractivity contribution is 5.66. The summed E-state index contributed by atoms with van der Waals surface area (Å²) in [4.78, 5) is 10.4. The van der Waals surface area contributed by atoms with Crippen LogP contribution in [0.25, 0.3) is 0 Å². The molecular weight excluding hydrogens is 276 g/mol. The van der Waals surface area contributed by atoms with E-state index >= 15 is 0 Å². The van der Waals surface area contributed by atoms with E-state index in [2.05, 4.69) is 19.9 Å². The van der Waals surface area contributed by atoms with Crippen LogP contribution in [0.3, 0.4) is 0 Å². The van der Waals surface area contributed by atoms with Crippen molar-refractivity contribution in [3.63, 3.8) is 0 Å². The summed E-state index contributed by atoms with van der Waals surface area (Å²) < 4.78 is 5.97. The summed E-state index contributed by atoms with van der Waals surface area (Å²) in [5, 5.41) is 8.58. The van der Waals surface area contributed by atoms with Crippen LogP contribution in [0.15, 0.2) is 10.5 Å². The van der Waals surface area contributed by atoms with Crippen molar-refractivity contribution in [1.29, 1.82) is 0 Å². The lowest BCUT2D eigenvalue weighted by Gasteiger charge is -2.00. The third kappa shape index (κ3) is 8.26. The van der Waals surface area contributed by atoms with E-state index in [9.17, 15) is 4.79 Å². The molecule has 22 heavy (non-hydrogen) atoms. The predicted octanol–water partition coefficient (Wildman–Crippen LogP) is 5.68. The average Bonchev–Trinajstić information content (AvgIpc) is 2.82. The maximum atomic E-state index is 10.4. The van der Waals surface area contributed by atoms with Crippen LogP contribution in [-0.4, -0.2) is 11.1 Å². The van der Waals surface area contributed by atoms with Gasteiger partial charge in [0.05, 0.1) is 0 Å². The maximum Gasteiger partial charge on any atom is 0.303 e. The van der Waals surface area contributed by atoms with Gasteiger partial charge in [-0.25, -0.2) is 0 Å². The largest absolute Gasteiger partial charge is 0.481 e. The zero-order valence-corrected chi connectivity index (χ0v) is 14.3. The van der Waals surface area contributed by atoms with Crippen LogP contribution in [0.2, 0.25) is 0 Å². The number of aryl methyl sites for hydroxylation is 3. The Bertz CT molecular complexity index is 420. The van der Waals surface area contributed by atoms with Gasteiger partial charge >= 0.3 is 5.97 Å². The number of carbonyl (C=O) groups is 1. The standard InChI is InChI=1S/C19H32O3/c1-3-4-5-6-10-13-18-16(2)15-17(22-18)12-9-7-8-11-14-19(20)21/h15H,3-14H2,1-2H3,(H,20,21). The van der Waals surface area contributed by atoms with E-state index in [1.54, 1.807) is 0 Å². The van der Waals surface area contributed by atoms with Crippen LogP contribution in [0.5, 0.6) is 0 Å². The molecule has 0 spiro atoms. The first-order valence-corrected chi connectivity index (χ1v) is 8.93. The number of carboxylic acid groups (broad SMARTS) is 1. The third-order valence-electron chi connectivity index (χ3n) is 4.14. The Kier molecular flexibility index (Phi) is 9.69. The molecule has 0 aliphatic heterocycles. The van der Waals surface area contributed by atoms with Crippen LogP contribution in [0.4, 0.5) is 0 Å². The van der Waals surface area contributed by atoms with Gasteiger partial charge in [0.15, 0.2) is 0 Å². The highest BCUT2D eigenvalue weighted by Crippen LogP contribution is 2.20. The fourth-order valence-electron chi connectivity index (χ4n) is 2.78. The Morgan fingerprint density at radius 1 is 1.00 bits per heavy atom. The smallest absolute Gasteiger partial charge is 0.303 e. The number of rotatable bonds is 13. The van der Waals surface area contributed by atoms with Crippen molar-refractivity contribution >= 4 is 5.97 Å². The number of aliphatic carboxylic acids is 1. The van der Waals surface area contributed by atoms with Crippen molar-refractivity contribution in [3.8, 4) is 0 Å². The summed E-state index contributed by atoms with van der Waals surface area (Å²) in [6.07, 6.45) is 12.8. The molecule has 0 unspecified atom stereocenters. The number of carboxylic acids is 1. The SMILES string of the molecule is CCCCCCCc1oc(CCCCCCC(=O)O)cc1C.